The number of nitrogens with zero attached hydrogens (tertiary/aromatic N) is 2. The minimum absolute atomic E-state index is 0.125. The molecule has 0 saturated carbocycles. The summed E-state index contributed by atoms with van der Waals surface area (Å²) in [7, 11) is 1.55. The zero-order valence-electron chi connectivity index (χ0n) is 18.1. The molecule has 0 radical (unpaired) electrons. The summed E-state index contributed by atoms with van der Waals surface area (Å²) in [5, 5.41) is 10.9. The Morgan fingerprint density at radius 2 is 1.88 bits per heavy atom. The standard InChI is InChI=1S/C25H23ClFN3O2S/c1-3-21(31)29-8-10-30(11-9-29)25(33)19-14-20(26)22(23(27)24(19)28)18-13-16(32-2)12-15-6-4-5-7-17(15)18/h3-7,12-14,28,33H,1,8-11H2,2H3/b25-19-,28-24?. The maximum atomic E-state index is 15.7. The van der Waals surface area contributed by atoms with E-state index in [1.807, 2.05) is 35.2 Å². The van der Waals surface area contributed by atoms with Crippen molar-refractivity contribution in [2.75, 3.05) is 33.3 Å². The molecule has 0 unspecified atom stereocenters. The topological polar surface area (TPSA) is 56.6 Å². The van der Waals surface area contributed by atoms with Crippen LogP contribution in [0.1, 0.15) is 5.56 Å². The average molecular weight is 484 g/mol. The van der Waals surface area contributed by atoms with E-state index >= 15 is 4.39 Å². The van der Waals surface area contributed by atoms with Gasteiger partial charge in [-0.25, -0.2) is 4.39 Å². The summed E-state index contributed by atoms with van der Waals surface area (Å²) < 4.78 is 21.1. The van der Waals surface area contributed by atoms with Gasteiger partial charge in [-0.05, 0) is 40.6 Å². The summed E-state index contributed by atoms with van der Waals surface area (Å²) in [5.74, 6) is -0.272. The number of benzene rings is 2. The third-order valence-corrected chi connectivity index (χ3v) is 6.69. The quantitative estimate of drug-likeness (QED) is 0.466. The number of thiol groups is 1. The Labute approximate surface area is 202 Å². The molecule has 1 amide bonds. The first-order valence-electron chi connectivity index (χ1n) is 10.4. The van der Waals surface area contributed by atoms with E-state index in [1.54, 1.807) is 24.2 Å². The van der Waals surface area contributed by atoms with Gasteiger partial charge in [-0.15, -0.1) is 12.6 Å². The van der Waals surface area contributed by atoms with Gasteiger partial charge in [-0.3, -0.25) is 10.2 Å². The zero-order chi connectivity index (χ0) is 23.7. The normalized spacial score (nSPS) is 18.4. The molecule has 8 heteroatoms. The minimum atomic E-state index is -0.720. The summed E-state index contributed by atoms with van der Waals surface area (Å²) in [5.41, 5.74) is 0.740. The van der Waals surface area contributed by atoms with Crippen molar-refractivity contribution in [2.45, 2.75) is 0 Å². The number of methoxy groups -OCH3 is 1. The SMILES string of the molecule is C=CC(=O)N1CCN(/C(S)=C2\C=C(Cl)C(c3cc(OC)cc4ccccc34)=C(F)C2=N)CC1. The lowest BCUT2D eigenvalue weighted by molar-refractivity contribution is -0.127. The van der Waals surface area contributed by atoms with E-state index < -0.39 is 5.83 Å². The molecule has 1 saturated heterocycles. The van der Waals surface area contributed by atoms with Crippen molar-refractivity contribution in [3.63, 3.8) is 0 Å². The maximum Gasteiger partial charge on any atom is 0.246 e. The molecule has 4 rings (SSSR count). The number of carbonyl (C=O) groups is 1. The number of carbonyl (C=O) groups excluding carboxylic acids is 1. The first-order chi connectivity index (χ1) is 15.8. The van der Waals surface area contributed by atoms with Crippen LogP contribution in [0.4, 0.5) is 4.39 Å². The predicted octanol–water partition coefficient (Wildman–Crippen LogP) is 5.16. The van der Waals surface area contributed by atoms with Gasteiger partial charge < -0.3 is 14.5 Å². The Balaban J connectivity index is 1.72. The van der Waals surface area contributed by atoms with E-state index in [0.29, 0.717) is 48.1 Å². The molecule has 1 heterocycles. The monoisotopic (exact) mass is 483 g/mol. The molecule has 1 aliphatic carbocycles. The summed E-state index contributed by atoms with van der Waals surface area (Å²) in [6.45, 7) is 5.53. The van der Waals surface area contributed by atoms with Gasteiger partial charge >= 0.3 is 0 Å². The number of nitrogens with one attached hydrogen (secondary N) is 1. The minimum Gasteiger partial charge on any atom is -0.497 e. The third kappa shape index (κ3) is 4.30. The van der Waals surface area contributed by atoms with Crippen LogP contribution in [-0.2, 0) is 4.79 Å². The largest absolute Gasteiger partial charge is 0.497 e. The van der Waals surface area contributed by atoms with Gasteiger partial charge in [0.2, 0.25) is 5.91 Å². The highest BCUT2D eigenvalue weighted by atomic mass is 35.5. The van der Waals surface area contributed by atoms with Gasteiger partial charge in [0.1, 0.15) is 11.5 Å². The fourth-order valence-electron chi connectivity index (χ4n) is 4.09. The Morgan fingerprint density at radius 1 is 1.21 bits per heavy atom. The molecule has 33 heavy (non-hydrogen) atoms. The van der Waals surface area contributed by atoms with Crippen molar-refractivity contribution in [3.8, 4) is 5.75 Å². The molecule has 170 valence electrons. The number of halogens is 2. The molecule has 2 aromatic rings. The fraction of sp³-hybridized carbons (Fsp3) is 0.200. The van der Waals surface area contributed by atoms with E-state index in [4.69, 9.17) is 21.7 Å². The second-order valence-electron chi connectivity index (χ2n) is 7.71. The van der Waals surface area contributed by atoms with Crippen molar-refractivity contribution < 1.29 is 13.9 Å². The van der Waals surface area contributed by atoms with Crippen molar-refractivity contribution in [1.82, 2.24) is 9.80 Å². The molecule has 0 atom stereocenters. The number of amides is 1. The molecule has 0 bridgehead atoms. The van der Waals surface area contributed by atoms with Crippen molar-refractivity contribution in [2.24, 2.45) is 0 Å². The molecule has 2 aliphatic rings. The smallest absolute Gasteiger partial charge is 0.246 e. The lowest BCUT2D eigenvalue weighted by Crippen LogP contribution is -2.47. The summed E-state index contributed by atoms with van der Waals surface area (Å²) in [4.78, 5) is 15.4. The molecule has 5 nitrogen and oxygen atoms in total. The zero-order valence-corrected chi connectivity index (χ0v) is 19.7. The summed E-state index contributed by atoms with van der Waals surface area (Å²) in [6, 6.07) is 11.2. The lowest BCUT2D eigenvalue weighted by Gasteiger charge is -2.36. The van der Waals surface area contributed by atoms with Gasteiger partial charge in [0, 0.05) is 37.3 Å². The number of allylic oxidation sites excluding steroid dienone is 5. The molecular weight excluding hydrogens is 461 g/mol. The van der Waals surface area contributed by atoms with Crippen LogP contribution in [0.3, 0.4) is 0 Å². The van der Waals surface area contributed by atoms with E-state index in [0.717, 1.165) is 10.8 Å². The van der Waals surface area contributed by atoms with Crippen molar-refractivity contribution in [3.05, 3.63) is 82.2 Å². The Bertz CT molecular complexity index is 1260. The Hall–Kier alpha value is -3.03. The van der Waals surface area contributed by atoms with Gasteiger partial charge in [-0.1, -0.05) is 42.4 Å². The number of hydrogen-bond acceptors (Lipinski definition) is 5. The Morgan fingerprint density at radius 3 is 2.55 bits per heavy atom. The first kappa shape index (κ1) is 23.1. The summed E-state index contributed by atoms with van der Waals surface area (Å²) >= 11 is 11.2. The molecular formula is C25H23ClFN3O2S. The second-order valence-corrected chi connectivity index (χ2v) is 8.54. The van der Waals surface area contributed by atoms with Crippen LogP contribution in [-0.4, -0.2) is 54.7 Å². The van der Waals surface area contributed by atoms with E-state index in [-0.39, 0.29) is 22.2 Å². The van der Waals surface area contributed by atoms with Crippen LogP contribution in [0.15, 0.2) is 76.6 Å². The predicted molar refractivity (Wildman–Crippen MR) is 135 cm³/mol. The van der Waals surface area contributed by atoms with Gasteiger partial charge in [0.25, 0.3) is 0 Å². The summed E-state index contributed by atoms with van der Waals surface area (Å²) in [6.07, 6.45) is 2.87. The van der Waals surface area contributed by atoms with Crippen LogP contribution in [0, 0.1) is 5.41 Å². The molecule has 1 fully saturated rings. The highest BCUT2D eigenvalue weighted by molar-refractivity contribution is 7.84. The van der Waals surface area contributed by atoms with Crippen molar-refractivity contribution in [1.29, 1.82) is 5.41 Å². The lowest BCUT2D eigenvalue weighted by atomic mass is 9.90. The van der Waals surface area contributed by atoms with Gasteiger partial charge in [0.05, 0.1) is 17.2 Å². The maximum absolute atomic E-state index is 15.7. The molecule has 2 aromatic carbocycles. The molecule has 0 aromatic heterocycles. The van der Waals surface area contributed by atoms with Crippen LogP contribution < -0.4 is 4.74 Å². The highest BCUT2D eigenvalue weighted by Crippen LogP contribution is 2.42. The number of hydrogen-bond donors (Lipinski definition) is 2. The second kappa shape index (κ2) is 9.45. The van der Waals surface area contributed by atoms with Crippen LogP contribution in [0.25, 0.3) is 16.3 Å². The van der Waals surface area contributed by atoms with Gasteiger partial charge in [0.15, 0.2) is 5.83 Å². The average Bonchev–Trinajstić information content (AvgIpc) is 2.85. The number of ether oxygens (including phenoxy) is 1. The number of rotatable bonds is 4. The molecule has 0 spiro atoms. The molecule has 1 N–H and O–H groups in total. The third-order valence-electron chi connectivity index (χ3n) is 5.86. The van der Waals surface area contributed by atoms with Crippen LogP contribution >= 0.6 is 24.2 Å². The number of piperazine rings is 1. The van der Waals surface area contributed by atoms with Crippen molar-refractivity contribution >= 4 is 52.2 Å². The highest BCUT2D eigenvalue weighted by Gasteiger charge is 2.29. The first-order valence-corrected chi connectivity index (χ1v) is 11.2. The van der Waals surface area contributed by atoms with Crippen LogP contribution in [0.2, 0.25) is 0 Å². The van der Waals surface area contributed by atoms with Crippen LogP contribution in [0.5, 0.6) is 5.75 Å². The molecule has 1 aliphatic heterocycles. The number of fused-ring (bicyclic) bond motifs is 1. The van der Waals surface area contributed by atoms with E-state index in [2.05, 4.69) is 19.2 Å². The van der Waals surface area contributed by atoms with Gasteiger partial charge in [-0.2, -0.15) is 0 Å². The Kier molecular flexibility index (Phi) is 6.63. The fourth-order valence-corrected chi connectivity index (χ4v) is 4.76. The van der Waals surface area contributed by atoms with E-state index in [1.165, 1.54) is 6.08 Å². The van der Waals surface area contributed by atoms with E-state index in [9.17, 15) is 4.79 Å².